The van der Waals surface area contributed by atoms with Gasteiger partial charge in [-0.1, -0.05) is 18.2 Å². The number of aromatic nitrogens is 2. The van der Waals surface area contributed by atoms with E-state index >= 15 is 0 Å². The molecule has 4 heterocycles. The Morgan fingerprint density at radius 2 is 2.03 bits per heavy atom. The SMILES string of the molecule is COc1cccc2c1C1(CCN(C(=O)c3cnn4cccc(C)c34)CC1)OCC2. The minimum atomic E-state index is -0.367. The van der Waals surface area contributed by atoms with Crippen molar-refractivity contribution < 1.29 is 14.3 Å². The normalized spacial score (nSPS) is 18.1. The summed E-state index contributed by atoms with van der Waals surface area (Å²) in [6.07, 6.45) is 6.00. The van der Waals surface area contributed by atoms with Crippen molar-refractivity contribution in [1.29, 1.82) is 0 Å². The zero-order valence-electron chi connectivity index (χ0n) is 16.9. The van der Waals surface area contributed by atoms with Crippen LogP contribution in [0.1, 0.15) is 39.9 Å². The second-order valence-corrected chi connectivity index (χ2v) is 7.92. The largest absolute Gasteiger partial charge is 0.496 e. The third-order valence-corrected chi connectivity index (χ3v) is 6.37. The van der Waals surface area contributed by atoms with Gasteiger partial charge in [-0.15, -0.1) is 0 Å². The second kappa shape index (κ2) is 6.88. The highest BCUT2D eigenvalue weighted by Gasteiger charge is 2.44. The number of amides is 1. The molecule has 1 amide bonds. The molecule has 150 valence electrons. The lowest BCUT2D eigenvalue weighted by Crippen LogP contribution is -2.48. The second-order valence-electron chi connectivity index (χ2n) is 7.92. The molecule has 5 rings (SSSR count). The number of rotatable bonds is 2. The van der Waals surface area contributed by atoms with Crippen molar-refractivity contribution in [3.05, 3.63) is 65.0 Å². The quantitative estimate of drug-likeness (QED) is 0.672. The van der Waals surface area contributed by atoms with E-state index in [-0.39, 0.29) is 11.5 Å². The summed E-state index contributed by atoms with van der Waals surface area (Å²) in [6.45, 7) is 4.03. The Morgan fingerprint density at radius 3 is 2.83 bits per heavy atom. The highest BCUT2D eigenvalue weighted by atomic mass is 16.5. The highest BCUT2D eigenvalue weighted by molar-refractivity contribution is 6.01. The van der Waals surface area contributed by atoms with Crippen LogP contribution in [-0.2, 0) is 16.8 Å². The fraction of sp³-hybridized carbons (Fsp3) is 0.391. The number of carbonyl (C=O) groups excluding carboxylic acids is 1. The Labute approximate surface area is 170 Å². The predicted molar refractivity (Wildman–Crippen MR) is 109 cm³/mol. The maximum absolute atomic E-state index is 13.3. The summed E-state index contributed by atoms with van der Waals surface area (Å²) in [7, 11) is 1.71. The van der Waals surface area contributed by atoms with E-state index in [2.05, 4.69) is 11.2 Å². The van der Waals surface area contributed by atoms with Crippen LogP contribution in [0.5, 0.6) is 5.75 Å². The van der Waals surface area contributed by atoms with Gasteiger partial charge in [-0.2, -0.15) is 5.10 Å². The number of hydrogen-bond acceptors (Lipinski definition) is 4. The van der Waals surface area contributed by atoms with Crippen LogP contribution in [0.25, 0.3) is 5.52 Å². The molecular weight excluding hydrogens is 366 g/mol. The fourth-order valence-corrected chi connectivity index (χ4v) is 4.91. The summed E-state index contributed by atoms with van der Waals surface area (Å²) < 4.78 is 13.8. The summed E-state index contributed by atoms with van der Waals surface area (Å²) in [5.74, 6) is 0.931. The fourth-order valence-electron chi connectivity index (χ4n) is 4.91. The lowest BCUT2D eigenvalue weighted by molar-refractivity contribution is -0.0946. The molecule has 6 nitrogen and oxygen atoms in total. The Kier molecular flexibility index (Phi) is 4.32. The lowest BCUT2D eigenvalue weighted by atomic mass is 9.78. The standard InChI is InChI=1S/C23H25N3O3/c1-16-5-4-11-26-21(16)18(15-24-26)22(27)25-12-9-23(10-13-25)20-17(8-14-29-23)6-3-7-19(20)28-2/h3-7,11,15H,8-10,12-14H2,1-2H3. The van der Waals surface area contributed by atoms with Crippen LogP contribution < -0.4 is 4.74 Å². The molecule has 1 fully saturated rings. The predicted octanol–water partition coefficient (Wildman–Crippen LogP) is 3.36. The van der Waals surface area contributed by atoms with Gasteiger partial charge in [-0.05, 0) is 49.4 Å². The third-order valence-electron chi connectivity index (χ3n) is 6.37. The number of aryl methyl sites for hydroxylation is 1. The van der Waals surface area contributed by atoms with E-state index in [0.717, 1.165) is 36.1 Å². The zero-order valence-corrected chi connectivity index (χ0v) is 16.9. The maximum atomic E-state index is 13.3. The summed E-state index contributed by atoms with van der Waals surface area (Å²) >= 11 is 0. The summed E-state index contributed by atoms with van der Waals surface area (Å²) in [5, 5.41) is 4.36. The molecule has 0 bridgehead atoms. The van der Waals surface area contributed by atoms with E-state index in [9.17, 15) is 4.79 Å². The number of piperidine rings is 1. The zero-order chi connectivity index (χ0) is 20.0. The monoisotopic (exact) mass is 391 g/mol. The molecule has 0 saturated carbocycles. The van der Waals surface area contributed by atoms with Crippen molar-refractivity contribution in [3.63, 3.8) is 0 Å². The number of methoxy groups -OCH3 is 1. The summed E-state index contributed by atoms with van der Waals surface area (Å²) in [5.41, 5.74) is 4.71. The number of benzene rings is 1. The molecule has 0 unspecified atom stereocenters. The van der Waals surface area contributed by atoms with E-state index in [1.54, 1.807) is 17.8 Å². The molecule has 1 spiro atoms. The molecule has 1 aromatic carbocycles. The molecule has 2 aliphatic heterocycles. The molecule has 3 aromatic rings. The first-order valence-corrected chi connectivity index (χ1v) is 10.2. The molecule has 0 N–H and O–H groups in total. The molecule has 2 aliphatic rings. The van der Waals surface area contributed by atoms with Gasteiger partial charge in [0.25, 0.3) is 5.91 Å². The van der Waals surface area contributed by atoms with Gasteiger partial charge in [0.15, 0.2) is 0 Å². The number of ether oxygens (including phenoxy) is 2. The molecule has 29 heavy (non-hydrogen) atoms. The molecule has 0 atom stereocenters. The Bertz CT molecular complexity index is 1070. The highest BCUT2D eigenvalue weighted by Crippen LogP contribution is 2.46. The Hall–Kier alpha value is -2.86. The Morgan fingerprint density at radius 1 is 1.21 bits per heavy atom. The van der Waals surface area contributed by atoms with Crippen LogP contribution in [0.4, 0.5) is 0 Å². The first-order chi connectivity index (χ1) is 14.1. The number of likely N-dealkylation sites (tertiary alicyclic amines) is 1. The summed E-state index contributed by atoms with van der Waals surface area (Å²) in [6, 6.07) is 10.2. The van der Waals surface area contributed by atoms with Crippen molar-refractivity contribution in [2.24, 2.45) is 0 Å². The van der Waals surface area contributed by atoms with Crippen molar-refractivity contribution in [2.45, 2.75) is 31.8 Å². The number of pyridine rings is 1. The lowest BCUT2D eigenvalue weighted by Gasteiger charge is -2.45. The number of carbonyl (C=O) groups is 1. The van der Waals surface area contributed by atoms with Gasteiger partial charge in [0.2, 0.25) is 0 Å². The number of hydrogen-bond donors (Lipinski definition) is 0. The van der Waals surface area contributed by atoms with Crippen LogP contribution in [0, 0.1) is 6.92 Å². The first-order valence-electron chi connectivity index (χ1n) is 10.2. The van der Waals surface area contributed by atoms with Crippen LogP contribution in [-0.4, -0.2) is 47.2 Å². The van der Waals surface area contributed by atoms with Crippen LogP contribution in [0.3, 0.4) is 0 Å². The van der Waals surface area contributed by atoms with E-state index in [0.29, 0.717) is 25.3 Å². The van der Waals surface area contributed by atoms with Gasteiger partial charge in [0.1, 0.15) is 11.4 Å². The van der Waals surface area contributed by atoms with E-state index in [4.69, 9.17) is 9.47 Å². The van der Waals surface area contributed by atoms with E-state index in [1.807, 2.05) is 42.3 Å². The number of nitrogens with zero attached hydrogens (tertiary/aromatic N) is 3. The van der Waals surface area contributed by atoms with Crippen LogP contribution in [0.2, 0.25) is 0 Å². The molecular formula is C23H25N3O3. The van der Waals surface area contributed by atoms with Gasteiger partial charge in [0.05, 0.1) is 31.0 Å². The minimum absolute atomic E-state index is 0.0419. The molecule has 1 saturated heterocycles. The van der Waals surface area contributed by atoms with Crippen molar-refractivity contribution in [3.8, 4) is 5.75 Å². The average molecular weight is 391 g/mol. The minimum Gasteiger partial charge on any atom is -0.496 e. The van der Waals surface area contributed by atoms with Crippen LogP contribution in [0.15, 0.2) is 42.7 Å². The van der Waals surface area contributed by atoms with Crippen molar-refractivity contribution >= 4 is 11.4 Å². The maximum Gasteiger partial charge on any atom is 0.257 e. The van der Waals surface area contributed by atoms with Crippen LogP contribution >= 0.6 is 0 Å². The first kappa shape index (κ1) is 18.2. The van der Waals surface area contributed by atoms with Crippen molar-refractivity contribution in [2.75, 3.05) is 26.8 Å². The molecule has 2 aromatic heterocycles. The van der Waals surface area contributed by atoms with Crippen molar-refractivity contribution in [1.82, 2.24) is 14.5 Å². The molecule has 0 aliphatic carbocycles. The topological polar surface area (TPSA) is 56.1 Å². The molecule has 6 heteroatoms. The number of fused-ring (bicyclic) bond motifs is 3. The summed E-state index contributed by atoms with van der Waals surface area (Å²) in [4.78, 5) is 15.2. The molecule has 0 radical (unpaired) electrons. The van der Waals surface area contributed by atoms with E-state index in [1.165, 1.54) is 11.1 Å². The Balaban J connectivity index is 1.42. The average Bonchev–Trinajstić information content (AvgIpc) is 3.19. The van der Waals surface area contributed by atoms with Gasteiger partial charge >= 0.3 is 0 Å². The smallest absolute Gasteiger partial charge is 0.257 e. The van der Waals surface area contributed by atoms with Gasteiger partial charge in [-0.25, -0.2) is 4.52 Å². The van der Waals surface area contributed by atoms with E-state index < -0.39 is 0 Å². The van der Waals surface area contributed by atoms with Gasteiger partial charge in [-0.3, -0.25) is 4.79 Å². The van der Waals surface area contributed by atoms with Gasteiger partial charge in [0, 0.05) is 24.8 Å². The third kappa shape index (κ3) is 2.82. The van der Waals surface area contributed by atoms with Gasteiger partial charge < -0.3 is 14.4 Å².